The van der Waals surface area contributed by atoms with Gasteiger partial charge in [-0.1, -0.05) is 46.5 Å². The summed E-state index contributed by atoms with van der Waals surface area (Å²) in [5.74, 6) is 0.891. The van der Waals surface area contributed by atoms with E-state index in [1.165, 1.54) is 5.19 Å². The van der Waals surface area contributed by atoms with Crippen LogP contribution in [0.2, 0.25) is 19.6 Å². The molecular weight excluding hydrogens is 286 g/mol. The third-order valence-corrected chi connectivity index (χ3v) is 5.91. The second-order valence-electron chi connectivity index (χ2n) is 8.14. The molecule has 22 heavy (non-hydrogen) atoms. The summed E-state index contributed by atoms with van der Waals surface area (Å²) in [6, 6.07) is 4.47. The van der Waals surface area contributed by atoms with E-state index in [-0.39, 0.29) is 5.41 Å². The Morgan fingerprint density at radius 2 is 1.73 bits per heavy atom. The SMILES string of the molecule is Cc1cnc(C(C)(C)C)nc1-c1ccc([Si](C)(C)C)c[n+]1C. The summed E-state index contributed by atoms with van der Waals surface area (Å²) in [5, 5.41) is 1.46. The van der Waals surface area contributed by atoms with Crippen LogP contribution in [0.15, 0.2) is 24.5 Å². The van der Waals surface area contributed by atoms with Gasteiger partial charge in [-0.25, -0.2) is 9.97 Å². The Balaban J connectivity index is 2.57. The van der Waals surface area contributed by atoms with Gasteiger partial charge in [-0.2, -0.15) is 4.57 Å². The highest BCUT2D eigenvalue weighted by Gasteiger charge is 2.24. The van der Waals surface area contributed by atoms with E-state index >= 15 is 0 Å². The first kappa shape index (κ1) is 16.8. The highest BCUT2D eigenvalue weighted by molar-refractivity contribution is 6.88. The largest absolute Gasteiger partial charge is 0.240 e. The molecule has 0 radical (unpaired) electrons. The first-order chi connectivity index (χ1) is 10.00. The lowest BCUT2D eigenvalue weighted by atomic mass is 9.95. The Morgan fingerprint density at radius 1 is 1.09 bits per heavy atom. The number of aryl methyl sites for hydroxylation is 2. The molecule has 0 unspecified atom stereocenters. The van der Waals surface area contributed by atoms with Crippen LogP contribution in [0, 0.1) is 6.92 Å². The standard InChI is InChI=1S/C18H28N3Si/c1-13-11-19-17(18(2,3)4)20-16(13)15-10-9-14(12-21(15)5)22(6,7)8/h9-12H,1-8H3/q+1. The molecule has 0 N–H and O–H groups in total. The lowest BCUT2D eigenvalue weighted by molar-refractivity contribution is -0.659. The van der Waals surface area contributed by atoms with E-state index in [0.29, 0.717) is 0 Å². The zero-order valence-corrected chi connectivity index (χ0v) is 16.2. The third-order valence-electron chi connectivity index (χ3n) is 3.88. The molecule has 0 aliphatic heterocycles. The van der Waals surface area contributed by atoms with Crippen LogP contribution in [-0.4, -0.2) is 18.0 Å². The lowest BCUT2D eigenvalue weighted by Gasteiger charge is -2.18. The molecule has 0 amide bonds. The highest BCUT2D eigenvalue weighted by atomic mass is 28.3. The summed E-state index contributed by atoms with van der Waals surface area (Å²) in [7, 11) is 0.812. The molecule has 0 saturated carbocycles. The third kappa shape index (κ3) is 3.43. The molecule has 2 heterocycles. The van der Waals surface area contributed by atoms with E-state index in [0.717, 1.165) is 22.8 Å². The number of pyridine rings is 1. The summed E-state index contributed by atoms with van der Waals surface area (Å²) in [6.45, 7) is 15.6. The molecule has 2 aromatic heterocycles. The van der Waals surface area contributed by atoms with E-state index in [1.807, 2.05) is 6.20 Å². The number of hydrogen-bond donors (Lipinski definition) is 0. The maximum absolute atomic E-state index is 4.85. The van der Waals surface area contributed by atoms with E-state index in [1.54, 1.807) is 0 Å². The van der Waals surface area contributed by atoms with Gasteiger partial charge in [-0.3, -0.25) is 0 Å². The van der Waals surface area contributed by atoms with Crippen molar-refractivity contribution < 1.29 is 4.57 Å². The highest BCUT2D eigenvalue weighted by Crippen LogP contribution is 2.23. The van der Waals surface area contributed by atoms with Gasteiger partial charge in [-0.05, 0) is 12.5 Å². The van der Waals surface area contributed by atoms with Crippen molar-refractivity contribution in [1.82, 2.24) is 9.97 Å². The Bertz CT molecular complexity index is 694. The fourth-order valence-corrected chi connectivity index (χ4v) is 3.52. The molecule has 0 spiro atoms. The number of rotatable bonds is 2. The van der Waals surface area contributed by atoms with E-state index in [2.05, 4.69) is 82.3 Å². The van der Waals surface area contributed by atoms with Crippen molar-refractivity contribution in [1.29, 1.82) is 0 Å². The first-order valence-corrected chi connectivity index (χ1v) is 11.3. The molecule has 2 aromatic rings. The van der Waals surface area contributed by atoms with Gasteiger partial charge in [0.1, 0.15) is 18.6 Å². The minimum absolute atomic E-state index is 0.0424. The Hall–Kier alpha value is -1.55. The van der Waals surface area contributed by atoms with Crippen molar-refractivity contribution in [3.63, 3.8) is 0 Å². The zero-order chi connectivity index (χ0) is 16.7. The zero-order valence-electron chi connectivity index (χ0n) is 15.2. The summed E-state index contributed by atoms with van der Waals surface area (Å²) in [4.78, 5) is 9.35. The van der Waals surface area contributed by atoms with Gasteiger partial charge in [0.2, 0.25) is 5.69 Å². The lowest BCUT2D eigenvalue weighted by Crippen LogP contribution is -2.45. The van der Waals surface area contributed by atoms with Gasteiger partial charge in [-0.15, -0.1) is 0 Å². The molecule has 0 aliphatic carbocycles. The second-order valence-corrected chi connectivity index (χ2v) is 13.2. The molecule has 0 atom stereocenters. The summed E-state index contributed by atoms with van der Waals surface area (Å²) in [5.41, 5.74) is 3.25. The smallest absolute Gasteiger partial charge is 0.231 e. The van der Waals surface area contributed by atoms with Gasteiger partial charge < -0.3 is 0 Å². The van der Waals surface area contributed by atoms with Crippen LogP contribution in [0.5, 0.6) is 0 Å². The molecule has 4 heteroatoms. The Morgan fingerprint density at radius 3 is 2.23 bits per heavy atom. The summed E-state index contributed by atoms with van der Waals surface area (Å²) >= 11 is 0. The molecule has 0 saturated heterocycles. The average molecular weight is 315 g/mol. The fourth-order valence-electron chi connectivity index (χ4n) is 2.36. The van der Waals surface area contributed by atoms with Crippen molar-refractivity contribution in [3.8, 4) is 11.4 Å². The Labute approximate surface area is 135 Å². The summed E-state index contributed by atoms with van der Waals surface area (Å²) < 4.78 is 2.20. The predicted molar refractivity (Wildman–Crippen MR) is 95.1 cm³/mol. The molecule has 118 valence electrons. The maximum atomic E-state index is 4.85. The van der Waals surface area contributed by atoms with Gasteiger partial charge in [0.05, 0.1) is 8.07 Å². The fraction of sp³-hybridized carbons (Fsp3) is 0.500. The average Bonchev–Trinajstić information content (AvgIpc) is 2.37. The van der Waals surface area contributed by atoms with Crippen molar-refractivity contribution in [2.75, 3.05) is 0 Å². The first-order valence-electron chi connectivity index (χ1n) is 7.85. The van der Waals surface area contributed by atoms with E-state index in [4.69, 9.17) is 4.98 Å². The molecule has 0 aliphatic rings. The molecule has 0 bridgehead atoms. The minimum Gasteiger partial charge on any atom is -0.240 e. The number of hydrogen-bond acceptors (Lipinski definition) is 2. The topological polar surface area (TPSA) is 29.7 Å². The van der Waals surface area contributed by atoms with Crippen LogP contribution in [0.25, 0.3) is 11.4 Å². The van der Waals surface area contributed by atoms with Crippen LogP contribution in [-0.2, 0) is 12.5 Å². The maximum Gasteiger partial charge on any atom is 0.231 e. The van der Waals surface area contributed by atoms with Crippen LogP contribution >= 0.6 is 0 Å². The molecule has 2 rings (SSSR count). The molecule has 3 nitrogen and oxygen atoms in total. The van der Waals surface area contributed by atoms with Crippen molar-refractivity contribution in [3.05, 3.63) is 35.9 Å². The number of aromatic nitrogens is 3. The van der Waals surface area contributed by atoms with Crippen LogP contribution in [0.3, 0.4) is 0 Å². The van der Waals surface area contributed by atoms with Crippen LogP contribution in [0.4, 0.5) is 0 Å². The quantitative estimate of drug-likeness (QED) is 0.630. The van der Waals surface area contributed by atoms with Crippen LogP contribution < -0.4 is 9.75 Å². The van der Waals surface area contributed by atoms with Crippen molar-refractivity contribution >= 4 is 13.3 Å². The van der Waals surface area contributed by atoms with Crippen molar-refractivity contribution in [2.24, 2.45) is 7.05 Å². The van der Waals surface area contributed by atoms with E-state index in [9.17, 15) is 0 Å². The van der Waals surface area contributed by atoms with Gasteiger partial charge >= 0.3 is 0 Å². The van der Waals surface area contributed by atoms with Crippen molar-refractivity contribution in [2.45, 2.75) is 52.8 Å². The Kier molecular flexibility index (Phi) is 4.26. The van der Waals surface area contributed by atoms with Gasteiger partial charge in [0.25, 0.3) is 0 Å². The molecule has 0 aromatic carbocycles. The van der Waals surface area contributed by atoms with Gasteiger partial charge in [0, 0.05) is 22.9 Å². The molecule has 0 fully saturated rings. The normalized spacial score (nSPS) is 12.5. The minimum atomic E-state index is -1.30. The van der Waals surface area contributed by atoms with Gasteiger partial charge in [0.15, 0.2) is 6.20 Å². The number of nitrogens with zero attached hydrogens (tertiary/aromatic N) is 3. The van der Waals surface area contributed by atoms with E-state index < -0.39 is 8.07 Å². The second kappa shape index (κ2) is 5.58. The van der Waals surface area contributed by atoms with Crippen LogP contribution in [0.1, 0.15) is 32.2 Å². The predicted octanol–water partition coefficient (Wildman–Crippen LogP) is 3.12. The summed E-state index contributed by atoms with van der Waals surface area (Å²) in [6.07, 6.45) is 4.20. The monoisotopic (exact) mass is 314 g/mol. The molecular formula is C18H28N3Si+.